The molecule has 1 aromatic carbocycles. The molecule has 0 spiro atoms. The predicted molar refractivity (Wildman–Crippen MR) is 98.4 cm³/mol. The van der Waals surface area contributed by atoms with Gasteiger partial charge in [0.25, 0.3) is 0 Å². The summed E-state index contributed by atoms with van der Waals surface area (Å²) in [4.78, 5) is 11.1. The van der Waals surface area contributed by atoms with Gasteiger partial charge in [0.2, 0.25) is 5.95 Å². The van der Waals surface area contributed by atoms with Gasteiger partial charge in [0.15, 0.2) is 0 Å². The first kappa shape index (κ1) is 16.1. The molecule has 0 saturated carbocycles. The van der Waals surface area contributed by atoms with Gasteiger partial charge in [-0.1, -0.05) is 29.3 Å². The van der Waals surface area contributed by atoms with Crippen molar-refractivity contribution < 1.29 is 0 Å². The van der Waals surface area contributed by atoms with Crippen molar-refractivity contribution in [3.8, 4) is 0 Å². The lowest BCUT2D eigenvalue weighted by Gasteiger charge is -2.27. The summed E-state index contributed by atoms with van der Waals surface area (Å²) >= 11 is 12.7. The lowest BCUT2D eigenvalue weighted by atomic mass is 10.00. The number of nitrogens with zero attached hydrogens (tertiary/aromatic N) is 3. The molecule has 2 aromatic rings. The number of benzene rings is 1. The summed E-state index contributed by atoms with van der Waals surface area (Å²) in [6.45, 7) is 4.81. The first-order chi connectivity index (χ1) is 11.0. The molecular weight excluding hydrogens is 331 g/mol. The molecule has 0 bridgehead atoms. The molecule has 4 nitrogen and oxygen atoms in total. The molecule has 2 heterocycles. The summed E-state index contributed by atoms with van der Waals surface area (Å²) in [5, 5.41) is 4.53. The highest BCUT2D eigenvalue weighted by Crippen LogP contribution is 2.37. The van der Waals surface area contributed by atoms with E-state index >= 15 is 0 Å². The van der Waals surface area contributed by atoms with E-state index in [9.17, 15) is 0 Å². The predicted octanol–water partition coefficient (Wildman–Crippen LogP) is 4.59. The smallest absolute Gasteiger partial charge is 0.224 e. The summed E-state index contributed by atoms with van der Waals surface area (Å²) < 4.78 is 0. The van der Waals surface area contributed by atoms with E-state index in [-0.39, 0.29) is 6.04 Å². The molecule has 120 valence electrons. The van der Waals surface area contributed by atoms with Gasteiger partial charge in [-0.3, -0.25) is 0 Å². The van der Waals surface area contributed by atoms with Gasteiger partial charge >= 0.3 is 0 Å². The number of fused-ring (bicyclic) bond motifs is 1. The van der Waals surface area contributed by atoms with Gasteiger partial charge in [-0.2, -0.15) is 4.98 Å². The maximum Gasteiger partial charge on any atom is 0.224 e. The number of likely N-dealkylation sites (N-methyl/N-ethyl adjacent to an activating group) is 1. The fourth-order valence-corrected chi connectivity index (χ4v) is 3.28. The van der Waals surface area contributed by atoms with Crippen LogP contribution in [0, 0.1) is 0 Å². The van der Waals surface area contributed by atoms with Crippen LogP contribution >= 0.6 is 23.2 Å². The van der Waals surface area contributed by atoms with Crippen molar-refractivity contribution in [1.29, 1.82) is 0 Å². The molecule has 6 heteroatoms. The van der Waals surface area contributed by atoms with Crippen molar-refractivity contribution >= 4 is 46.6 Å². The molecule has 0 atom stereocenters. The molecule has 0 unspecified atom stereocenters. The second-order valence-corrected chi connectivity index (χ2v) is 6.71. The van der Waals surface area contributed by atoms with Gasteiger partial charge in [0.1, 0.15) is 5.82 Å². The van der Waals surface area contributed by atoms with Crippen LogP contribution in [0.2, 0.25) is 10.0 Å². The fraction of sp³-hybridized carbons (Fsp3) is 0.294. The number of rotatable bonds is 3. The zero-order valence-electron chi connectivity index (χ0n) is 13.3. The number of hydrogen-bond donors (Lipinski definition) is 1. The minimum absolute atomic E-state index is 0.287. The minimum atomic E-state index is 0.287. The minimum Gasteiger partial charge on any atom is -0.355 e. The van der Waals surface area contributed by atoms with Gasteiger partial charge in [0.05, 0.1) is 0 Å². The average Bonchev–Trinajstić information content (AvgIpc) is 2.47. The zero-order chi connectivity index (χ0) is 16.6. The number of halogens is 2. The molecule has 1 aliphatic heterocycles. The summed E-state index contributed by atoms with van der Waals surface area (Å²) in [7, 11) is 2.00. The van der Waals surface area contributed by atoms with Crippen LogP contribution < -0.4 is 10.2 Å². The van der Waals surface area contributed by atoms with Gasteiger partial charge in [-0.05, 0) is 37.6 Å². The number of hydrogen-bond acceptors (Lipinski definition) is 4. The van der Waals surface area contributed by atoms with Crippen LogP contribution in [0.1, 0.15) is 25.0 Å². The van der Waals surface area contributed by atoms with Crippen molar-refractivity contribution in [3.05, 3.63) is 45.6 Å². The summed E-state index contributed by atoms with van der Waals surface area (Å²) in [6.07, 6.45) is 3.88. The van der Waals surface area contributed by atoms with Crippen LogP contribution in [0.15, 0.2) is 24.4 Å². The average molecular weight is 349 g/mol. The summed E-state index contributed by atoms with van der Waals surface area (Å²) in [5.41, 5.74) is 2.89. The van der Waals surface area contributed by atoms with E-state index in [0.29, 0.717) is 22.5 Å². The Morgan fingerprint density at radius 1 is 1.22 bits per heavy atom. The van der Waals surface area contributed by atoms with E-state index in [1.165, 1.54) is 0 Å². The molecule has 0 aliphatic carbocycles. The molecule has 0 amide bonds. The molecule has 23 heavy (non-hydrogen) atoms. The van der Waals surface area contributed by atoms with Crippen molar-refractivity contribution in [2.75, 3.05) is 23.8 Å². The van der Waals surface area contributed by atoms with Crippen LogP contribution in [0.4, 0.5) is 11.8 Å². The van der Waals surface area contributed by atoms with Crippen molar-refractivity contribution in [1.82, 2.24) is 9.97 Å². The Kier molecular flexibility index (Phi) is 4.46. The third-order valence-electron chi connectivity index (χ3n) is 3.60. The largest absolute Gasteiger partial charge is 0.355 e. The standard InChI is InChI=1S/C17H18Cl2N4/c1-10(2)21-17-20-8-11-7-12(9-23(3)16(11)22-17)15-13(18)5-4-6-14(15)19/h4-8,10H,9H2,1-3H3,(H,20,21,22). The van der Waals surface area contributed by atoms with Crippen LogP contribution in [-0.4, -0.2) is 29.6 Å². The Hall–Kier alpha value is -1.78. The maximum absolute atomic E-state index is 6.34. The zero-order valence-corrected chi connectivity index (χ0v) is 14.8. The van der Waals surface area contributed by atoms with Crippen LogP contribution in [0.5, 0.6) is 0 Å². The molecule has 1 aliphatic rings. The lowest BCUT2D eigenvalue weighted by molar-refractivity contribution is 0.867. The Bertz CT molecular complexity index is 751. The Balaban J connectivity index is 2.04. The molecular formula is C17H18Cl2N4. The van der Waals surface area contributed by atoms with Gasteiger partial charge in [-0.25, -0.2) is 4.98 Å². The SMILES string of the molecule is CC(C)Nc1ncc2c(n1)N(C)CC(c1c(Cl)cccc1Cl)=C2. The third-order valence-corrected chi connectivity index (χ3v) is 4.23. The van der Waals surface area contributed by atoms with Gasteiger partial charge < -0.3 is 10.2 Å². The van der Waals surface area contributed by atoms with E-state index in [1.807, 2.05) is 31.4 Å². The highest BCUT2D eigenvalue weighted by Gasteiger charge is 2.21. The highest BCUT2D eigenvalue weighted by molar-refractivity contribution is 6.38. The Morgan fingerprint density at radius 2 is 1.91 bits per heavy atom. The van der Waals surface area contributed by atoms with Crippen LogP contribution in [-0.2, 0) is 0 Å². The van der Waals surface area contributed by atoms with E-state index < -0.39 is 0 Å². The Morgan fingerprint density at radius 3 is 2.57 bits per heavy atom. The lowest BCUT2D eigenvalue weighted by Crippen LogP contribution is -2.26. The first-order valence-corrected chi connectivity index (χ1v) is 8.21. The van der Waals surface area contributed by atoms with Gasteiger partial charge in [0, 0.05) is 47.0 Å². The maximum atomic E-state index is 6.34. The molecule has 1 N–H and O–H groups in total. The van der Waals surface area contributed by atoms with E-state index in [1.54, 1.807) is 0 Å². The van der Waals surface area contributed by atoms with E-state index in [0.717, 1.165) is 22.5 Å². The summed E-state index contributed by atoms with van der Waals surface area (Å²) in [6, 6.07) is 5.84. The molecule has 3 rings (SSSR count). The van der Waals surface area contributed by atoms with Crippen molar-refractivity contribution in [2.45, 2.75) is 19.9 Å². The Labute approximate surface area is 146 Å². The van der Waals surface area contributed by atoms with E-state index in [2.05, 4.69) is 40.1 Å². The monoisotopic (exact) mass is 348 g/mol. The summed E-state index contributed by atoms with van der Waals surface area (Å²) in [5.74, 6) is 1.54. The second kappa shape index (κ2) is 6.38. The number of aromatic nitrogens is 2. The number of nitrogens with one attached hydrogen (secondary N) is 1. The highest BCUT2D eigenvalue weighted by atomic mass is 35.5. The van der Waals surface area contributed by atoms with Crippen LogP contribution in [0.3, 0.4) is 0 Å². The number of anilines is 2. The fourth-order valence-electron chi connectivity index (χ4n) is 2.64. The molecule has 0 saturated heterocycles. The van der Waals surface area contributed by atoms with Crippen LogP contribution in [0.25, 0.3) is 11.6 Å². The van der Waals surface area contributed by atoms with Gasteiger partial charge in [-0.15, -0.1) is 0 Å². The molecule has 0 radical (unpaired) electrons. The third kappa shape index (κ3) is 3.28. The molecule has 0 fully saturated rings. The second-order valence-electron chi connectivity index (χ2n) is 5.89. The molecule has 1 aromatic heterocycles. The normalized spacial score (nSPS) is 13.8. The van der Waals surface area contributed by atoms with E-state index in [4.69, 9.17) is 23.2 Å². The van der Waals surface area contributed by atoms with Crippen molar-refractivity contribution in [2.24, 2.45) is 0 Å². The first-order valence-electron chi connectivity index (χ1n) is 7.45. The quantitative estimate of drug-likeness (QED) is 0.880. The van der Waals surface area contributed by atoms with Crippen molar-refractivity contribution in [3.63, 3.8) is 0 Å². The topological polar surface area (TPSA) is 41.1 Å².